The minimum absolute atomic E-state index is 0.105. The summed E-state index contributed by atoms with van der Waals surface area (Å²) in [5.41, 5.74) is 1.54. The van der Waals surface area contributed by atoms with Gasteiger partial charge in [-0.15, -0.1) is 0 Å². The minimum Gasteiger partial charge on any atom is -0.508 e. The second kappa shape index (κ2) is 5.30. The monoisotopic (exact) mass is 226 g/mol. The Hall–Kier alpha value is -2.09. The summed E-state index contributed by atoms with van der Waals surface area (Å²) in [4.78, 5) is 11.8. The number of hydrogen-bond donors (Lipinski definition) is 1. The highest BCUT2D eigenvalue weighted by molar-refractivity contribution is 5.96. The molecule has 0 aromatic heterocycles. The van der Waals surface area contributed by atoms with E-state index in [2.05, 4.69) is 0 Å². The zero-order valence-electron chi connectivity index (χ0n) is 9.47. The van der Waals surface area contributed by atoms with Crippen molar-refractivity contribution >= 4 is 5.78 Å². The summed E-state index contributed by atoms with van der Waals surface area (Å²) in [5, 5.41) is 9.58. The predicted octanol–water partition coefficient (Wildman–Crippen LogP) is 3.21. The van der Waals surface area contributed by atoms with Gasteiger partial charge in [-0.1, -0.05) is 48.5 Å². The van der Waals surface area contributed by atoms with Crippen LogP contribution in [0.5, 0.6) is 5.75 Å². The van der Waals surface area contributed by atoms with Gasteiger partial charge in [0.25, 0.3) is 0 Å². The molecule has 0 fully saturated rings. The van der Waals surface area contributed by atoms with Crippen LogP contribution in [-0.2, 0) is 6.42 Å². The number of rotatable bonds is 4. The molecule has 0 aliphatic heterocycles. The molecule has 0 aliphatic rings. The van der Waals surface area contributed by atoms with Crippen LogP contribution in [0.4, 0.5) is 0 Å². The molecule has 0 amide bonds. The molecule has 86 valence electrons. The highest BCUT2D eigenvalue weighted by Gasteiger charge is 2.07. The van der Waals surface area contributed by atoms with Gasteiger partial charge in [0, 0.05) is 12.0 Å². The van der Waals surface area contributed by atoms with Crippen LogP contribution in [0.25, 0.3) is 0 Å². The van der Waals surface area contributed by atoms with Crippen LogP contribution in [0.2, 0.25) is 0 Å². The highest BCUT2D eigenvalue weighted by atomic mass is 16.3. The zero-order chi connectivity index (χ0) is 12.1. The Morgan fingerprint density at radius 1 is 0.941 bits per heavy atom. The van der Waals surface area contributed by atoms with E-state index in [0.29, 0.717) is 12.8 Å². The number of phenolic OH excluding ortho intramolecular Hbond substituents is 1. The number of carbonyl (C=O) groups is 1. The molecule has 0 spiro atoms. The highest BCUT2D eigenvalue weighted by Crippen LogP contribution is 2.18. The first kappa shape index (κ1) is 11.4. The quantitative estimate of drug-likeness (QED) is 0.813. The normalized spacial score (nSPS) is 10.1. The average Bonchev–Trinajstić information content (AvgIpc) is 2.38. The van der Waals surface area contributed by atoms with E-state index < -0.39 is 0 Å². The van der Waals surface area contributed by atoms with Crippen LogP contribution in [0.15, 0.2) is 54.6 Å². The fourth-order valence-electron chi connectivity index (χ4n) is 1.74. The Kier molecular flexibility index (Phi) is 3.55. The fourth-order valence-corrected chi connectivity index (χ4v) is 1.74. The number of ketones is 1. The second-order valence-electron chi connectivity index (χ2n) is 3.92. The molecule has 0 aliphatic carbocycles. The van der Waals surface area contributed by atoms with E-state index >= 15 is 0 Å². The average molecular weight is 226 g/mol. The van der Waals surface area contributed by atoms with Gasteiger partial charge in [0.2, 0.25) is 0 Å². The summed E-state index contributed by atoms with van der Waals surface area (Å²) in [6.45, 7) is 0. The molecule has 0 saturated carbocycles. The van der Waals surface area contributed by atoms with Crippen molar-refractivity contribution in [1.29, 1.82) is 0 Å². The Morgan fingerprint density at radius 3 is 2.29 bits per heavy atom. The van der Waals surface area contributed by atoms with Crippen LogP contribution in [0.1, 0.15) is 22.3 Å². The first-order valence-corrected chi connectivity index (χ1v) is 5.62. The van der Waals surface area contributed by atoms with Crippen molar-refractivity contribution < 1.29 is 9.90 Å². The lowest BCUT2D eigenvalue weighted by atomic mass is 10.0. The SMILES string of the molecule is O=C(CCc1ccccc1O)c1ccccc1. The molecule has 0 bridgehead atoms. The van der Waals surface area contributed by atoms with Crippen LogP contribution in [0.3, 0.4) is 0 Å². The fraction of sp³-hybridized carbons (Fsp3) is 0.133. The zero-order valence-corrected chi connectivity index (χ0v) is 9.47. The number of aromatic hydroxyl groups is 1. The number of carbonyl (C=O) groups excluding carboxylic acids is 1. The molecular weight excluding hydrogens is 212 g/mol. The second-order valence-corrected chi connectivity index (χ2v) is 3.92. The summed E-state index contributed by atoms with van der Waals surface area (Å²) in [5.74, 6) is 0.363. The predicted molar refractivity (Wildman–Crippen MR) is 67.2 cm³/mol. The van der Waals surface area contributed by atoms with Crippen molar-refractivity contribution in [3.8, 4) is 5.75 Å². The lowest BCUT2D eigenvalue weighted by molar-refractivity contribution is 0.0983. The summed E-state index contributed by atoms with van der Waals surface area (Å²) in [7, 11) is 0. The Bertz CT molecular complexity index is 503. The van der Waals surface area contributed by atoms with E-state index in [9.17, 15) is 9.90 Å². The third kappa shape index (κ3) is 2.94. The van der Waals surface area contributed by atoms with E-state index in [1.54, 1.807) is 12.1 Å². The Labute approximate surface area is 101 Å². The molecule has 2 rings (SSSR count). The number of para-hydroxylation sites is 1. The number of aryl methyl sites for hydroxylation is 1. The van der Waals surface area contributed by atoms with Crippen molar-refractivity contribution in [3.05, 3.63) is 65.7 Å². The molecule has 0 saturated heterocycles. The summed E-state index contributed by atoms with van der Waals surface area (Å²) >= 11 is 0. The maximum atomic E-state index is 11.8. The van der Waals surface area contributed by atoms with Gasteiger partial charge in [0.05, 0.1) is 0 Å². The molecule has 17 heavy (non-hydrogen) atoms. The van der Waals surface area contributed by atoms with Crippen LogP contribution in [0, 0.1) is 0 Å². The molecule has 2 aromatic rings. The van der Waals surface area contributed by atoms with Gasteiger partial charge < -0.3 is 5.11 Å². The van der Waals surface area contributed by atoms with Gasteiger partial charge in [0.1, 0.15) is 5.75 Å². The number of phenols is 1. The smallest absolute Gasteiger partial charge is 0.163 e. The lowest BCUT2D eigenvalue weighted by Gasteiger charge is -2.03. The van der Waals surface area contributed by atoms with Crippen molar-refractivity contribution in [3.63, 3.8) is 0 Å². The van der Waals surface area contributed by atoms with Crippen molar-refractivity contribution in [2.24, 2.45) is 0 Å². The Balaban J connectivity index is 2.00. The van der Waals surface area contributed by atoms with Gasteiger partial charge in [-0.3, -0.25) is 4.79 Å². The van der Waals surface area contributed by atoms with Gasteiger partial charge in [-0.2, -0.15) is 0 Å². The van der Waals surface area contributed by atoms with Gasteiger partial charge in [-0.05, 0) is 18.1 Å². The largest absolute Gasteiger partial charge is 0.508 e. The first-order chi connectivity index (χ1) is 8.27. The molecule has 1 N–H and O–H groups in total. The summed E-state index contributed by atoms with van der Waals surface area (Å²) < 4.78 is 0. The number of Topliss-reactive ketones (excluding diaryl/α,β-unsaturated/α-hetero) is 1. The summed E-state index contributed by atoms with van der Waals surface area (Å²) in [6.07, 6.45) is 0.988. The van der Waals surface area contributed by atoms with Crippen molar-refractivity contribution in [1.82, 2.24) is 0 Å². The molecular formula is C15H14O2. The molecule has 2 nitrogen and oxygen atoms in total. The number of hydrogen-bond acceptors (Lipinski definition) is 2. The lowest BCUT2D eigenvalue weighted by Crippen LogP contribution is -2.00. The minimum atomic E-state index is 0.105. The molecule has 2 aromatic carbocycles. The molecule has 0 heterocycles. The molecule has 0 radical (unpaired) electrons. The van der Waals surface area contributed by atoms with E-state index in [0.717, 1.165) is 11.1 Å². The van der Waals surface area contributed by atoms with Gasteiger partial charge >= 0.3 is 0 Å². The number of benzene rings is 2. The van der Waals surface area contributed by atoms with Crippen molar-refractivity contribution in [2.75, 3.05) is 0 Å². The molecule has 0 atom stereocenters. The third-order valence-electron chi connectivity index (χ3n) is 2.71. The summed E-state index contributed by atoms with van der Waals surface area (Å²) in [6, 6.07) is 16.3. The maximum Gasteiger partial charge on any atom is 0.163 e. The van der Waals surface area contributed by atoms with E-state index in [-0.39, 0.29) is 11.5 Å². The van der Waals surface area contributed by atoms with E-state index in [1.807, 2.05) is 42.5 Å². The standard InChI is InChI=1S/C15H14O2/c16-14-9-5-4-8-13(14)10-11-15(17)12-6-2-1-3-7-12/h1-9,16H,10-11H2. The van der Waals surface area contributed by atoms with Crippen LogP contribution in [-0.4, -0.2) is 10.9 Å². The van der Waals surface area contributed by atoms with Gasteiger partial charge in [-0.25, -0.2) is 0 Å². The van der Waals surface area contributed by atoms with E-state index in [1.165, 1.54) is 0 Å². The van der Waals surface area contributed by atoms with Crippen molar-refractivity contribution in [2.45, 2.75) is 12.8 Å². The Morgan fingerprint density at radius 2 is 1.59 bits per heavy atom. The topological polar surface area (TPSA) is 37.3 Å². The van der Waals surface area contributed by atoms with Crippen LogP contribution >= 0.6 is 0 Å². The third-order valence-corrected chi connectivity index (χ3v) is 2.71. The molecule has 2 heteroatoms. The first-order valence-electron chi connectivity index (χ1n) is 5.62. The van der Waals surface area contributed by atoms with Gasteiger partial charge in [0.15, 0.2) is 5.78 Å². The van der Waals surface area contributed by atoms with E-state index in [4.69, 9.17) is 0 Å². The maximum absolute atomic E-state index is 11.8. The molecule has 0 unspecified atom stereocenters. The van der Waals surface area contributed by atoms with Crippen LogP contribution < -0.4 is 0 Å².